The molecular formula is C14H22N2O2S. The standard InChI is InChI=1S/C14H22N2O2S/c1-11-3-2-4-13-10-15-14(16(11)13)9-12-5-7-19(17,18)8-6-12/h10-12H,2-9H2,1H3. The van der Waals surface area contributed by atoms with Gasteiger partial charge in [0.25, 0.3) is 0 Å². The SMILES string of the molecule is CC1CCCc2cnc(CC3CCS(=O)(=O)CC3)n21. The second-order valence-electron chi connectivity index (χ2n) is 6.08. The Hall–Kier alpha value is -0.840. The van der Waals surface area contributed by atoms with Gasteiger partial charge in [0.05, 0.1) is 11.5 Å². The Labute approximate surface area is 115 Å². The first-order valence-electron chi connectivity index (χ1n) is 7.30. The number of rotatable bonds is 2. The molecule has 0 aliphatic carbocycles. The fourth-order valence-electron chi connectivity index (χ4n) is 3.42. The summed E-state index contributed by atoms with van der Waals surface area (Å²) >= 11 is 0. The molecule has 1 aromatic rings. The lowest BCUT2D eigenvalue weighted by Gasteiger charge is -2.26. The Morgan fingerprint density at radius 1 is 1.32 bits per heavy atom. The van der Waals surface area contributed by atoms with Crippen LogP contribution in [0.2, 0.25) is 0 Å². The van der Waals surface area contributed by atoms with Crippen LogP contribution in [-0.2, 0) is 22.7 Å². The van der Waals surface area contributed by atoms with Gasteiger partial charge in [0, 0.05) is 24.4 Å². The molecule has 19 heavy (non-hydrogen) atoms. The van der Waals surface area contributed by atoms with Crippen molar-refractivity contribution in [2.45, 2.75) is 51.5 Å². The number of fused-ring (bicyclic) bond motifs is 1. The minimum Gasteiger partial charge on any atom is -0.329 e. The predicted molar refractivity (Wildman–Crippen MR) is 75.0 cm³/mol. The molecule has 3 rings (SSSR count). The van der Waals surface area contributed by atoms with Gasteiger partial charge in [-0.1, -0.05) is 0 Å². The Balaban J connectivity index is 1.73. The highest BCUT2D eigenvalue weighted by Gasteiger charge is 2.26. The van der Waals surface area contributed by atoms with Gasteiger partial charge in [-0.2, -0.15) is 0 Å². The molecule has 0 aromatic carbocycles. The third-order valence-electron chi connectivity index (χ3n) is 4.59. The van der Waals surface area contributed by atoms with Crippen LogP contribution in [0.15, 0.2) is 6.20 Å². The normalized spacial score (nSPS) is 27.1. The maximum absolute atomic E-state index is 11.5. The van der Waals surface area contributed by atoms with Crippen LogP contribution in [0.1, 0.15) is 50.2 Å². The van der Waals surface area contributed by atoms with Gasteiger partial charge in [0.1, 0.15) is 15.7 Å². The minimum atomic E-state index is -2.75. The maximum Gasteiger partial charge on any atom is 0.150 e. The zero-order chi connectivity index (χ0) is 13.5. The lowest BCUT2D eigenvalue weighted by molar-refractivity contribution is 0.392. The molecule has 2 aliphatic heterocycles. The van der Waals surface area contributed by atoms with E-state index in [1.54, 1.807) is 0 Å². The fraction of sp³-hybridized carbons (Fsp3) is 0.786. The summed E-state index contributed by atoms with van der Waals surface area (Å²) in [6.45, 7) is 2.26. The molecule has 1 atom stereocenters. The Bertz CT molecular complexity index is 548. The summed E-state index contributed by atoms with van der Waals surface area (Å²) in [5.74, 6) is 2.39. The summed E-state index contributed by atoms with van der Waals surface area (Å²) in [4.78, 5) is 4.59. The molecule has 0 amide bonds. The molecule has 0 N–H and O–H groups in total. The van der Waals surface area contributed by atoms with Gasteiger partial charge in [0.2, 0.25) is 0 Å². The van der Waals surface area contributed by atoms with Crippen LogP contribution in [0.3, 0.4) is 0 Å². The van der Waals surface area contributed by atoms with Gasteiger partial charge in [0.15, 0.2) is 0 Å². The van der Waals surface area contributed by atoms with Crippen molar-refractivity contribution in [2.75, 3.05) is 11.5 Å². The van der Waals surface area contributed by atoms with Gasteiger partial charge in [-0.05, 0) is 44.9 Å². The third-order valence-corrected chi connectivity index (χ3v) is 6.31. The van der Waals surface area contributed by atoms with Crippen LogP contribution in [0.25, 0.3) is 0 Å². The quantitative estimate of drug-likeness (QED) is 0.835. The third kappa shape index (κ3) is 2.71. The van der Waals surface area contributed by atoms with Crippen LogP contribution < -0.4 is 0 Å². The molecule has 3 heterocycles. The molecule has 2 aliphatic rings. The highest BCUT2D eigenvalue weighted by atomic mass is 32.2. The zero-order valence-corrected chi connectivity index (χ0v) is 12.3. The number of hydrogen-bond donors (Lipinski definition) is 0. The molecule has 1 saturated heterocycles. The molecule has 106 valence electrons. The van der Waals surface area contributed by atoms with Crippen LogP contribution in [0, 0.1) is 5.92 Å². The summed E-state index contributed by atoms with van der Waals surface area (Å²) in [5.41, 5.74) is 1.36. The first kappa shape index (κ1) is 13.2. The molecule has 4 nitrogen and oxygen atoms in total. The van der Waals surface area contributed by atoms with Crippen LogP contribution in [-0.4, -0.2) is 29.5 Å². The van der Waals surface area contributed by atoms with E-state index in [-0.39, 0.29) is 0 Å². The van der Waals surface area contributed by atoms with E-state index in [0.29, 0.717) is 23.5 Å². The topological polar surface area (TPSA) is 52.0 Å². The summed E-state index contributed by atoms with van der Waals surface area (Å²) in [7, 11) is -2.75. The number of imidazole rings is 1. The van der Waals surface area contributed by atoms with E-state index in [1.165, 1.54) is 24.4 Å². The number of sulfone groups is 1. The predicted octanol–water partition coefficient (Wildman–Crippen LogP) is 2.15. The summed E-state index contributed by atoms with van der Waals surface area (Å²) in [6, 6.07) is 0.550. The minimum absolute atomic E-state index is 0.362. The van der Waals surface area contributed by atoms with Crippen molar-refractivity contribution in [1.82, 2.24) is 9.55 Å². The molecule has 1 unspecified atom stereocenters. The number of aromatic nitrogens is 2. The van der Waals surface area contributed by atoms with Gasteiger partial charge < -0.3 is 4.57 Å². The molecule has 1 fully saturated rings. The van der Waals surface area contributed by atoms with Crippen molar-refractivity contribution in [3.8, 4) is 0 Å². The average Bonchev–Trinajstić information content (AvgIpc) is 2.77. The van der Waals surface area contributed by atoms with Gasteiger partial charge in [-0.25, -0.2) is 13.4 Å². The van der Waals surface area contributed by atoms with Gasteiger partial charge in [-0.15, -0.1) is 0 Å². The van der Waals surface area contributed by atoms with E-state index in [4.69, 9.17) is 0 Å². The van der Waals surface area contributed by atoms with E-state index in [1.807, 2.05) is 6.20 Å². The highest BCUT2D eigenvalue weighted by Crippen LogP contribution is 2.29. The highest BCUT2D eigenvalue weighted by molar-refractivity contribution is 7.91. The maximum atomic E-state index is 11.5. The Morgan fingerprint density at radius 2 is 2.05 bits per heavy atom. The summed E-state index contributed by atoms with van der Waals surface area (Å²) in [5, 5.41) is 0. The van der Waals surface area contributed by atoms with Crippen molar-refractivity contribution in [1.29, 1.82) is 0 Å². The summed E-state index contributed by atoms with van der Waals surface area (Å²) in [6.07, 6.45) is 8.20. The van der Waals surface area contributed by atoms with Crippen LogP contribution in [0.5, 0.6) is 0 Å². The second-order valence-corrected chi connectivity index (χ2v) is 8.38. The largest absolute Gasteiger partial charge is 0.329 e. The first-order chi connectivity index (χ1) is 9.05. The number of hydrogen-bond acceptors (Lipinski definition) is 3. The molecule has 0 radical (unpaired) electrons. The fourth-order valence-corrected chi connectivity index (χ4v) is 5.01. The first-order valence-corrected chi connectivity index (χ1v) is 9.13. The summed E-state index contributed by atoms with van der Waals surface area (Å²) < 4.78 is 25.3. The molecule has 5 heteroatoms. The van der Waals surface area contributed by atoms with E-state index < -0.39 is 9.84 Å². The number of nitrogens with zero attached hydrogens (tertiary/aromatic N) is 2. The van der Waals surface area contributed by atoms with Crippen molar-refractivity contribution >= 4 is 9.84 Å². The van der Waals surface area contributed by atoms with E-state index in [0.717, 1.165) is 25.7 Å². The van der Waals surface area contributed by atoms with Crippen molar-refractivity contribution < 1.29 is 8.42 Å². The van der Waals surface area contributed by atoms with Crippen molar-refractivity contribution in [2.24, 2.45) is 5.92 Å². The molecule has 0 spiro atoms. The van der Waals surface area contributed by atoms with Gasteiger partial charge in [-0.3, -0.25) is 0 Å². The number of aryl methyl sites for hydroxylation is 1. The van der Waals surface area contributed by atoms with Crippen LogP contribution in [0.4, 0.5) is 0 Å². The Kier molecular flexibility index (Phi) is 3.41. The molecule has 0 saturated carbocycles. The van der Waals surface area contributed by atoms with Crippen LogP contribution >= 0.6 is 0 Å². The van der Waals surface area contributed by atoms with E-state index >= 15 is 0 Å². The lowest BCUT2D eigenvalue weighted by Crippen LogP contribution is -2.26. The molecule has 0 bridgehead atoms. The zero-order valence-electron chi connectivity index (χ0n) is 11.5. The van der Waals surface area contributed by atoms with E-state index in [9.17, 15) is 8.42 Å². The molecular weight excluding hydrogens is 260 g/mol. The van der Waals surface area contributed by atoms with Gasteiger partial charge >= 0.3 is 0 Å². The van der Waals surface area contributed by atoms with Crippen molar-refractivity contribution in [3.05, 3.63) is 17.7 Å². The monoisotopic (exact) mass is 282 g/mol. The Morgan fingerprint density at radius 3 is 2.79 bits per heavy atom. The average molecular weight is 282 g/mol. The second kappa shape index (κ2) is 4.93. The molecule has 1 aromatic heterocycles. The van der Waals surface area contributed by atoms with Crippen molar-refractivity contribution in [3.63, 3.8) is 0 Å². The van der Waals surface area contributed by atoms with E-state index in [2.05, 4.69) is 16.5 Å². The smallest absolute Gasteiger partial charge is 0.150 e. The lowest BCUT2D eigenvalue weighted by atomic mass is 9.97.